The van der Waals surface area contributed by atoms with Crippen LogP contribution in [0, 0.1) is 11.8 Å². The number of nitrogens with zero attached hydrogens (tertiary/aromatic N) is 3. The van der Waals surface area contributed by atoms with E-state index in [4.69, 9.17) is 4.74 Å². The van der Waals surface area contributed by atoms with Crippen molar-refractivity contribution in [3.63, 3.8) is 0 Å². The standard InChI is InChI=1S/C14H22N4O4S/c1-17-6-4-15-13(17)14(19)16-7-12-11-3-5-18(23(2,20)21)8-10(11)9-22-12/h4,6,10-12H,3,5,7-9H2,1-2H3,(H,16,19)/t10-,11-,12+/m1/s1. The maximum absolute atomic E-state index is 12.1. The number of sulfonamides is 1. The Hall–Kier alpha value is -1.45. The van der Waals surface area contributed by atoms with Gasteiger partial charge in [0.15, 0.2) is 5.82 Å². The molecule has 3 atom stereocenters. The lowest BCUT2D eigenvalue weighted by Gasteiger charge is -2.34. The van der Waals surface area contributed by atoms with Crippen molar-refractivity contribution in [1.82, 2.24) is 19.2 Å². The SMILES string of the molecule is Cn1ccnc1C(=O)NC[C@@H]1OC[C@H]2CN(S(C)(=O)=O)CC[C@H]21. The van der Waals surface area contributed by atoms with E-state index in [1.165, 1.54) is 10.6 Å². The monoisotopic (exact) mass is 342 g/mol. The van der Waals surface area contributed by atoms with Gasteiger partial charge in [0, 0.05) is 45.0 Å². The fourth-order valence-electron chi connectivity index (χ4n) is 3.42. The molecule has 9 heteroatoms. The Morgan fingerprint density at radius 3 is 2.96 bits per heavy atom. The second-order valence-electron chi connectivity index (χ2n) is 6.28. The average molecular weight is 342 g/mol. The minimum absolute atomic E-state index is 0.0640. The third kappa shape index (κ3) is 3.41. The zero-order chi connectivity index (χ0) is 16.6. The number of hydrogen-bond donors (Lipinski definition) is 1. The third-order valence-electron chi connectivity index (χ3n) is 4.71. The van der Waals surface area contributed by atoms with Crippen LogP contribution in [0.25, 0.3) is 0 Å². The average Bonchev–Trinajstić information content (AvgIpc) is 3.09. The molecule has 1 aromatic rings. The summed E-state index contributed by atoms with van der Waals surface area (Å²) in [4.78, 5) is 16.1. The van der Waals surface area contributed by atoms with Crippen LogP contribution >= 0.6 is 0 Å². The van der Waals surface area contributed by atoms with E-state index in [0.717, 1.165) is 6.42 Å². The number of rotatable bonds is 4. The van der Waals surface area contributed by atoms with Gasteiger partial charge >= 0.3 is 0 Å². The molecule has 23 heavy (non-hydrogen) atoms. The molecule has 2 fully saturated rings. The zero-order valence-corrected chi connectivity index (χ0v) is 14.1. The first-order valence-corrected chi connectivity index (χ1v) is 9.53. The molecule has 0 spiro atoms. The number of carbonyl (C=O) groups excluding carboxylic acids is 1. The van der Waals surface area contributed by atoms with E-state index in [2.05, 4.69) is 10.3 Å². The van der Waals surface area contributed by atoms with Crippen LogP contribution in [-0.4, -0.2) is 66.8 Å². The van der Waals surface area contributed by atoms with Crippen LogP contribution in [0.5, 0.6) is 0 Å². The van der Waals surface area contributed by atoms with Crippen LogP contribution in [-0.2, 0) is 21.8 Å². The predicted molar refractivity (Wildman–Crippen MR) is 83.3 cm³/mol. The quantitative estimate of drug-likeness (QED) is 0.792. The number of fused-ring (bicyclic) bond motifs is 1. The molecular formula is C14H22N4O4S. The van der Waals surface area contributed by atoms with Gasteiger partial charge in [-0.2, -0.15) is 0 Å². The topological polar surface area (TPSA) is 93.5 Å². The maximum atomic E-state index is 12.1. The van der Waals surface area contributed by atoms with Gasteiger partial charge in [-0.05, 0) is 12.3 Å². The van der Waals surface area contributed by atoms with Crippen molar-refractivity contribution in [2.45, 2.75) is 12.5 Å². The van der Waals surface area contributed by atoms with Crippen LogP contribution < -0.4 is 5.32 Å². The second-order valence-corrected chi connectivity index (χ2v) is 8.26. The van der Waals surface area contributed by atoms with Crippen molar-refractivity contribution in [3.05, 3.63) is 18.2 Å². The molecule has 2 saturated heterocycles. The molecule has 0 bridgehead atoms. The molecule has 2 aliphatic rings. The van der Waals surface area contributed by atoms with Gasteiger partial charge in [-0.1, -0.05) is 0 Å². The first kappa shape index (κ1) is 16.4. The fraction of sp³-hybridized carbons (Fsp3) is 0.714. The van der Waals surface area contributed by atoms with Crippen LogP contribution in [0.15, 0.2) is 12.4 Å². The Balaban J connectivity index is 1.56. The van der Waals surface area contributed by atoms with Crippen LogP contribution in [0.4, 0.5) is 0 Å². The molecule has 0 saturated carbocycles. The second kappa shape index (κ2) is 6.21. The summed E-state index contributed by atoms with van der Waals surface area (Å²) in [5, 5.41) is 2.86. The molecular weight excluding hydrogens is 320 g/mol. The predicted octanol–water partition coefficient (Wildman–Crippen LogP) is -0.554. The molecule has 3 heterocycles. The summed E-state index contributed by atoms with van der Waals surface area (Å²) >= 11 is 0. The molecule has 0 aromatic carbocycles. The number of nitrogens with one attached hydrogen (secondary N) is 1. The molecule has 3 rings (SSSR count). The minimum atomic E-state index is -3.15. The smallest absolute Gasteiger partial charge is 0.287 e. The minimum Gasteiger partial charge on any atom is -0.376 e. The summed E-state index contributed by atoms with van der Waals surface area (Å²) < 4.78 is 32.3. The number of imidazole rings is 1. The normalized spacial score (nSPS) is 28.5. The lowest BCUT2D eigenvalue weighted by Crippen LogP contribution is -2.45. The van der Waals surface area contributed by atoms with Crippen molar-refractivity contribution in [2.24, 2.45) is 18.9 Å². The molecule has 128 valence electrons. The lowest BCUT2D eigenvalue weighted by molar-refractivity contribution is 0.0754. The summed E-state index contributed by atoms with van der Waals surface area (Å²) in [6.45, 7) is 1.99. The Morgan fingerprint density at radius 1 is 1.52 bits per heavy atom. The number of amides is 1. The van der Waals surface area contributed by atoms with E-state index < -0.39 is 10.0 Å². The van der Waals surface area contributed by atoms with Gasteiger partial charge in [-0.25, -0.2) is 17.7 Å². The van der Waals surface area contributed by atoms with Gasteiger partial charge in [0.1, 0.15) is 0 Å². The van der Waals surface area contributed by atoms with E-state index in [1.54, 1.807) is 24.0 Å². The van der Waals surface area contributed by atoms with Crippen molar-refractivity contribution in [3.8, 4) is 0 Å². The van der Waals surface area contributed by atoms with Gasteiger partial charge in [0.05, 0.1) is 19.0 Å². The number of aromatic nitrogens is 2. The Bertz CT molecular complexity index is 687. The van der Waals surface area contributed by atoms with E-state index in [1.807, 2.05) is 0 Å². The number of aryl methyl sites for hydroxylation is 1. The van der Waals surface area contributed by atoms with Crippen LogP contribution in [0.3, 0.4) is 0 Å². The summed E-state index contributed by atoms with van der Waals surface area (Å²) in [7, 11) is -1.38. The highest BCUT2D eigenvalue weighted by Crippen LogP contribution is 2.34. The first-order chi connectivity index (χ1) is 10.9. The Kier molecular flexibility index (Phi) is 4.43. The van der Waals surface area contributed by atoms with Gasteiger partial charge < -0.3 is 14.6 Å². The van der Waals surface area contributed by atoms with Crippen molar-refractivity contribution in [1.29, 1.82) is 0 Å². The molecule has 0 radical (unpaired) electrons. The van der Waals surface area contributed by atoms with Gasteiger partial charge in [-0.3, -0.25) is 4.79 Å². The van der Waals surface area contributed by atoms with E-state index >= 15 is 0 Å². The maximum Gasteiger partial charge on any atom is 0.287 e. The number of piperidine rings is 1. The van der Waals surface area contributed by atoms with Gasteiger partial charge in [-0.15, -0.1) is 0 Å². The zero-order valence-electron chi connectivity index (χ0n) is 13.3. The fourth-order valence-corrected chi connectivity index (χ4v) is 4.32. The molecule has 8 nitrogen and oxygen atoms in total. The van der Waals surface area contributed by atoms with E-state index in [-0.39, 0.29) is 23.8 Å². The van der Waals surface area contributed by atoms with Crippen molar-refractivity contribution >= 4 is 15.9 Å². The van der Waals surface area contributed by atoms with E-state index in [0.29, 0.717) is 32.1 Å². The van der Waals surface area contributed by atoms with Crippen molar-refractivity contribution < 1.29 is 17.9 Å². The van der Waals surface area contributed by atoms with Crippen LogP contribution in [0.1, 0.15) is 17.0 Å². The largest absolute Gasteiger partial charge is 0.376 e. The number of carbonyl (C=O) groups is 1. The van der Waals surface area contributed by atoms with Gasteiger partial charge in [0.2, 0.25) is 10.0 Å². The third-order valence-corrected chi connectivity index (χ3v) is 5.98. The lowest BCUT2D eigenvalue weighted by atomic mass is 9.85. The highest BCUT2D eigenvalue weighted by molar-refractivity contribution is 7.88. The summed E-state index contributed by atoms with van der Waals surface area (Å²) in [6.07, 6.45) is 5.25. The number of hydrogen-bond acceptors (Lipinski definition) is 5. The van der Waals surface area contributed by atoms with Gasteiger partial charge in [0.25, 0.3) is 5.91 Å². The van der Waals surface area contributed by atoms with E-state index in [9.17, 15) is 13.2 Å². The molecule has 1 amide bonds. The number of ether oxygens (including phenoxy) is 1. The van der Waals surface area contributed by atoms with Crippen molar-refractivity contribution in [2.75, 3.05) is 32.5 Å². The molecule has 1 N–H and O–H groups in total. The summed E-state index contributed by atoms with van der Waals surface area (Å²) in [5.74, 6) is 0.632. The highest BCUT2D eigenvalue weighted by atomic mass is 32.2. The highest BCUT2D eigenvalue weighted by Gasteiger charge is 2.42. The van der Waals surface area contributed by atoms with Crippen LogP contribution in [0.2, 0.25) is 0 Å². The summed E-state index contributed by atoms with van der Waals surface area (Å²) in [6, 6.07) is 0. The Morgan fingerprint density at radius 2 is 2.30 bits per heavy atom. The molecule has 0 unspecified atom stereocenters. The summed E-state index contributed by atoms with van der Waals surface area (Å²) in [5.41, 5.74) is 0. The molecule has 0 aliphatic carbocycles. The molecule has 1 aromatic heterocycles. The first-order valence-electron chi connectivity index (χ1n) is 7.68. The Labute approximate surface area is 135 Å². The molecule has 2 aliphatic heterocycles.